The summed E-state index contributed by atoms with van der Waals surface area (Å²) in [5.74, 6) is 2.81. The average molecular weight is 341 g/mol. The van der Waals surface area contributed by atoms with Gasteiger partial charge in [-0.15, -0.1) is 0 Å². The first-order chi connectivity index (χ1) is 12.3. The topological polar surface area (TPSA) is 53.5 Å². The van der Waals surface area contributed by atoms with Crippen molar-refractivity contribution in [3.63, 3.8) is 0 Å². The van der Waals surface area contributed by atoms with Crippen LogP contribution in [0.1, 0.15) is 12.5 Å². The van der Waals surface area contributed by atoms with Crippen LogP contribution in [-0.4, -0.2) is 61.2 Å². The molecule has 0 saturated carbocycles. The summed E-state index contributed by atoms with van der Waals surface area (Å²) in [6, 6.07) is 10.2. The van der Waals surface area contributed by atoms with Crippen LogP contribution in [0.4, 0.5) is 11.6 Å². The minimum atomic E-state index is 0.806. The van der Waals surface area contributed by atoms with Gasteiger partial charge >= 0.3 is 0 Å². The van der Waals surface area contributed by atoms with Crippen molar-refractivity contribution in [2.24, 2.45) is 0 Å². The quantitative estimate of drug-likeness (QED) is 0.834. The van der Waals surface area contributed by atoms with Gasteiger partial charge in [0.25, 0.3) is 0 Å². The number of likely N-dealkylation sites (N-methyl/N-ethyl adjacent to an activating group) is 1. The van der Waals surface area contributed by atoms with Gasteiger partial charge in [0.2, 0.25) is 0 Å². The number of aromatic nitrogens is 2. The van der Waals surface area contributed by atoms with E-state index in [-0.39, 0.29) is 0 Å². The lowest BCUT2D eigenvalue weighted by molar-refractivity contribution is 0.270. The van der Waals surface area contributed by atoms with Crippen LogP contribution in [0.2, 0.25) is 0 Å². The van der Waals surface area contributed by atoms with E-state index in [4.69, 9.17) is 4.74 Å². The van der Waals surface area contributed by atoms with Gasteiger partial charge in [0.05, 0.1) is 7.11 Å². The van der Waals surface area contributed by atoms with Crippen LogP contribution in [0.5, 0.6) is 5.75 Å². The zero-order valence-corrected chi connectivity index (χ0v) is 15.1. The molecule has 0 radical (unpaired) electrons. The SMILES string of the molecule is CCN1CCN(c2cc(NCCc3ccccc3OC)ncn2)CC1. The number of nitrogens with one attached hydrogen (secondary N) is 1. The number of ether oxygens (including phenoxy) is 1. The third-order valence-corrected chi connectivity index (χ3v) is 4.69. The zero-order valence-electron chi connectivity index (χ0n) is 15.1. The first kappa shape index (κ1) is 17.5. The number of para-hydroxylation sites is 1. The Morgan fingerprint density at radius 3 is 2.68 bits per heavy atom. The summed E-state index contributed by atoms with van der Waals surface area (Å²) in [5.41, 5.74) is 1.20. The van der Waals surface area contributed by atoms with E-state index < -0.39 is 0 Å². The highest BCUT2D eigenvalue weighted by atomic mass is 16.5. The first-order valence-corrected chi connectivity index (χ1v) is 8.95. The number of benzene rings is 1. The summed E-state index contributed by atoms with van der Waals surface area (Å²) in [6.07, 6.45) is 2.53. The highest BCUT2D eigenvalue weighted by molar-refractivity contribution is 5.49. The molecule has 6 nitrogen and oxygen atoms in total. The number of piperazine rings is 1. The van der Waals surface area contributed by atoms with E-state index in [0.29, 0.717) is 0 Å². The molecule has 0 atom stereocenters. The van der Waals surface area contributed by atoms with Crippen LogP contribution in [0.15, 0.2) is 36.7 Å². The van der Waals surface area contributed by atoms with Crippen LogP contribution < -0.4 is 15.0 Å². The lowest BCUT2D eigenvalue weighted by Gasteiger charge is -2.34. The molecule has 0 bridgehead atoms. The minimum Gasteiger partial charge on any atom is -0.496 e. The van der Waals surface area contributed by atoms with E-state index in [9.17, 15) is 0 Å². The predicted octanol–water partition coefficient (Wildman–Crippen LogP) is 2.28. The highest BCUT2D eigenvalue weighted by Gasteiger charge is 2.17. The Labute approximate surface area is 149 Å². The number of methoxy groups -OCH3 is 1. The Kier molecular flexibility index (Phi) is 6.06. The average Bonchev–Trinajstić information content (AvgIpc) is 2.69. The number of anilines is 2. The van der Waals surface area contributed by atoms with Gasteiger partial charge < -0.3 is 19.9 Å². The maximum absolute atomic E-state index is 5.40. The van der Waals surface area contributed by atoms with Gasteiger partial charge in [-0.05, 0) is 24.6 Å². The Morgan fingerprint density at radius 1 is 1.12 bits per heavy atom. The molecule has 0 amide bonds. The molecule has 2 aromatic rings. The molecular weight excluding hydrogens is 314 g/mol. The molecule has 2 heterocycles. The maximum atomic E-state index is 5.40. The van der Waals surface area contributed by atoms with E-state index in [2.05, 4.69) is 38.1 Å². The molecule has 1 N–H and O–H groups in total. The van der Waals surface area contributed by atoms with Gasteiger partial charge in [-0.2, -0.15) is 0 Å². The molecule has 1 saturated heterocycles. The molecule has 0 spiro atoms. The fraction of sp³-hybridized carbons (Fsp3) is 0.474. The number of nitrogens with zero attached hydrogens (tertiary/aromatic N) is 4. The van der Waals surface area contributed by atoms with E-state index in [0.717, 1.165) is 63.1 Å². The summed E-state index contributed by atoms with van der Waals surface area (Å²) in [7, 11) is 1.71. The highest BCUT2D eigenvalue weighted by Crippen LogP contribution is 2.19. The van der Waals surface area contributed by atoms with Crippen LogP contribution in [0, 0.1) is 0 Å². The zero-order chi connectivity index (χ0) is 17.5. The third-order valence-electron chi connectivity index (χ3n) is 4.69. The Bertz CT molecular complexity index is 670. The lowest BCUT2D eigenvalue weighted by atomic mass is 10.1. The molecule has 134 valence electrons. The van der Waals surface area contributed by atoms with Crippen molar-refractivity contribution in [2.45, 2.75) is 13.3 Å². The summed E-state index contributed by atoms with van der Waals surface area (Å²) in [4.78, 5) is 13.6. The van der Waals surface area contributed by atoms with Crippen LogP contribution in [-0.2, 0) is 6.42 Å². The lowest BCUT2D eigenvalue weighted by Crippen LogP contribution is -2.46. The van der Waals surface area contributed by atoms with E-state index in [1.54, 1.807) is 13.4 Å². The van der Waals surface area contributed by atoms with Gasteiger partial charge in [-0.25, -0.2) is 9.97 Å². The molecule has 25 heavy (non-hydrogen) atoms. The normalized spacial score (nSPS) is 15.2. The molecular formula is C19H27N5O. The summed E-state index contributed by atoms with van der Waals surface area (Å²) in [6.45, 7) is 8.36. The van der Waals surface area contributed by atoms with Crippen LogP contribution in [0.3, 0.4) is 0 Å². The van der Waals surface area contributed by atoms with Crippen molar-refractivity contribution in [3.8, 4) is 5.75 Å². The molecule has 1 fully saturated rings. The number of hydrogen-bond acceptors (Lipinski definition) is 6. The van der Waals surface area contributed by atoms with Gasteiger partial charge in [-0.3, -0.25) is 0 Å². The van der Waals surface area contributed by atoms with Crippen molar-refractivity contribution in [1.29, 1.82) is 0 Å². The molecule has 3 rings (SSSR count). The van der Waals surface area contributed by atoms with Crippen molar-refractivity contribution < 1.29 is 4.74 Å². The maximum Gasteiger partial charge on any atom is 0.134 e. The molecule has 1 aromatic carbocycles. The second kappa shape index (κ2) is 8.67. The van der Waals surface area contributed by atoms with Crippen molar-refractivity contribution >= 4 is 11.6 Å². The Balaban J connectivity index is 1.55. The number of rotatable bonds is 7. The van der Waals surface area contributed by atoms with Gasteiger partial charge in [0, 0.05) is 38.8 Å². The van der Waals surface area contributed by atoms with Crippen molar-refractivity contribution in [1.82, 2.24) is 14.9 Å². The van der Waals surface area contributed by atoms with Gasteiger partial charge in [-0.1, -0.05) is 25.1 Å². The van der Waals surface area contributed by atoms with Gasteiger partial charge in [0.1, 0.15) is 23.7 Å². The fourth-order valence-corrected chi connectivity index (χ4v) is 3.14. The molecule has 1 aliphatic heterocycles. The van der Waals surface area contributed by atoms with Crippen LogP contribution >= 0.6 is 0 Å². The van der Waals surface area contributed by atoms with Gasteiger partial charge in [0.15, 0.2) is 0 Å². The van der Waals surface area contributed by atoms with E-state index in [1.165, 1.54) is 5.56 Å². The van der Waals surface area contributed by atoms with Crippen molar-refractivity contribution in [3.05, 3.63) is 42.2 Å². The molecule has 0 unspecified atom stereocenters. The number of hydrogen-bond donors (Lipinski definition) is 1. The molecule has 6 heteroatoms. The largest absolute Gasteiger partial charge is 0.496 e. The molecule has 0 aliphatic carbocycles. The second-order valence-electron chi connectivity index (χ2n) is 6.17. The fourth-order valence-electron chi connectivity index (χ4n) is 3.14. The predicted molar refractivity (Wildman–Crippen MR) is 102 cm³/mol. The van der Waals surface area contributed by atoms with Crippen molar-refractivity contribution in [2.75, 3.05) is 56.6 Å². The summed E-state index contributed by atoms with van der Waals surface area (Å²) in [5, 5.41) is 3.40. The minimum absolute atomic E-state index is 0.806. The standard InChI is InChI=1S/C19H27N5O/c1-3-23-10-12-24(13-11-23)19-14-18(21-15-22-19)20-9-8-16-6-4-5-7-17(16)25-2/h4-7,14-15H,3,8-13H2,1-2H3,(H,20,21,22). The van der Waals surface area contributed by atoms with E-state index >= 15 is 0 Å². The molecule has 1 aliphatic rings. The Morgan fingerprint density at radius 2 is 1.92 bits per heavy atom. The molecule has 1 aromatic heterocycles. The summed E-state index contributed by atoms with van der Waals surface area (Å²) < 4.78 is 5.40. The van der Waals surface area contributed by atoms with E-state index in [1.807, 2.05) is 24.3 Å². The smallest absolute Gasteiger partial charge is 0.134 e. The second-order valence-corrected chi connectivity index (χ2v) is 6.17. The first-order valence-electron chi connectivity index (χ1n) is 8.95. The Hall–Kier alpha value is -2.34. The summed E-state index contributed by atoms with van der Waals surface area (Å²) >= 11 is 0. The third kappa shape index (κ3) is 4.60. The van der Waals surface area contributed by atoms with Crippen LogP contribution in [0.25, 0.3) is 0 Å². The monoisotopic (exact) mass is 341 g/mol.